The second-order valence-electron chi connectivity index (χ2n) is 10.1. The van der Waals surface area contributed by atoms with E-state index < -0.39 is 0 Å². The van der Waals surface area contributed by atoms with Crippen LogP contribution >= 0.6 is 0 Å². The van der Waals surface area contributed by atoms with Crippen molar-refractivity contribution in [3.05, 3.63) is 29.8 Å². The zero-order valence-electron chi connectivity index (χ0n) is 20.9. The molecule has 3 saturated heterocycles. The summed E-state index contributed by atoms with van der Waals surface area (Å²) >= 11 is 0. The van der Waals surface area contributed by atoms with Gasteiger partial charge < -0.3 is 24.2 Å². The van der Waals surface area contributed by atoms with Gasteiger partial charge in [-0.25, -0.2) is 0 Å². The molecule has 3 fully saturated rings. The van der Waals surface area contributed by atoms with Gasteiger partial charge in [-0.3, -0.25) is 9.59 Å². The number of amides is 2. The van der Waals surface area contributed by atoms with Gasteiger partial charge in [-0.05, 0) is 62.7 Å². The molecule has 1 aromatic carbocycles. The number of likely N-dealkylation sites (tertiary alicyclic amines) is 1. The number of ether oxygens (including phenoxy) is 2. The summed E-state index contributed by atoms with van der Waals surface area (Å²) in [5.74, 6) is 1.31. The molecule has 2 amide bonds. The smallest absolute Gasteiger partial charge is 0.228 e. The average molecular weight is 472 g/mol. The fraction of sp³-hybridized carbons (Fsp3) is 0.704. The lowest BCUT2D eigenvalue weighted by Gasteiger charge is -2.46. The highest BCUT2D eigenvalue weighted by Crippen LogP contribution is 2.32. The Kier molecular flexibility index (Phi) is 8.84. The minimum absolute atomic E-state index is 0.0797. The molecule has 7 nitrogen and oxygen atoms in total. The molecule has 188 valence electrons. The van der Waals surface area contributed by atoms with E-state index >= 15 is 0 Å². The number of nitrogens with zero attached hydrogens (tertiary/aromatic N) is 3. The maximum Gasteiger partial charge on any atom is 0.228 e. The Morgan fingerprint density at radius 2 is 1.94 bits per heavy atom. The fourth-order valence-corrected chi connectivity index (χ4v) is 6.14. The molecule has 0 bridgehead atoms. The van der Waals surface area contributed by atoms with Gasteiger partial charge >= 0.3 is 0 Å². The van der Waals surface area contributed by atoms with E-state index in [0.717, 1.165) is 24.3 Å². The number of hydrogen-bond donors (Lipinski definition) is 0. The van der Waals surface area contributed by atoms with Crippen molar-refractivity contribution in [3.8, 4) is 5.75 Å². The first-order valence-electron chi connectivity index (χ1n) is 13.0. The standard InChI is InChI=1S/C27H41N3O4/c1-33-17-16-30(19-22-9-7-14-28-13-6-5-10-24(22)28)27(32)23-18-26(31)29(20-23)15-12-21-8-3-4-11-25(21)34-2/h3-4,8,11,22-24H,5-7,9-10,12-20H2,1-2H3/t22-,23+,24+/m0/s1. The lowest BCUT2D eigenvalue weighted by Crippen LogP contribution is -2.52. The molecule has 4 rings (SSSR count). The summed E-state index contributed by atoms with van der Waals surface area (Å²) in [7, 11) is 3.35. The van der Waals surface area contributed by atoms with Gasteiger partial charge in [-0.1, -0.05) is 24.6 Å². The number of carbonyl (C=O) groups is 2. The highest BCUT2D eigenvalue weighted by molar-refractivity contribution is 5.89. The van der Waals surface area contributed by atoms with Crippen LogP contribution in [0, 0.1) is 11.8 Å². The van der Waals surface area contributed by atoms with Crippen molar-refractivity contribution in [2.45, 2.75) is 51.0 Å². The molecule has 0 spiro atoms. The predicted octanol–water partition coefficient (Wildman–Crippen LogP) is 2.83. The molecule has 34 heavy (non-hydrogen) atoms. The number of fused-ring (bicyclic) bond motifs is 1. The molecule has 1 aromatic rings. The van der Waals surface area contributed by atoms with E-state index in [-0.39, 0.29) is 17.7 Å². The topological polar surface area (TPSA) is 62.3 Å². The molecule has 0 unspecified atom stereocenters. The average Bonchev–Trinajstić information content (AvgIpc) is 3.25. The molecule has 0 radical (unpaired) electrons. The molecule has 0 aliphatic carbocycles. The van der Waals surface area contributed by atoms with Crippen molar-refractivity contribution in [1.82, 2.24) is 14.7 Å². The van der Waals surface area contributed by atoms with Gasteiger partial charge in [0.1, 0.15) is 5.75 Å². The van der Waals surface area contributed by atoms with Crippen LogP contribution in [0.4, 0.5) is 0 Å². The molecule has 3 aliphatic heterocycles. The molecule has 0 saturated carbocycles. The SMILES string of the molecule is COCCN(C[C@@H]1CCCN2CCCC[C@H]12)C(=O)[C@@H]1CC(=O)N(CCc2ccccc2OC)C1. The Hall–Kier alpha value is -2.12. The summed E-state index contributed by atoms with van der Waals surface area (Å²) in [6.07, 6.45) is 7.28. The van der Waals surface area contributed by atoms with Gasteiger partial charge in [-0.2, -0.15) is 0 Å². The number of benzene rings is 1. The quantitative estimate of drug-likeness (QED) is 0.525. The summed E-state index contributed by atoms with van der Waals surface area (Å²) in [4.78, 5) is 32.9. The van der Waals surface area contributed by atoms with E-state index in [1.165, 1.54) is 45.2 Å². The largest absolute Gasteiger partial charge is 0.496 e. The summed E-state index contributed by atoms with van der Waals surface area (Å²) in [6, 6.07) is 8.52. The number of piperidine rings is 2. The first-order chi connectivity index (χ1) is 16.6. The highest BCUT2D eigenvalue weighted by atomic mass is 16.5. The Morgan fingerprint density at radius 1 is 1.12 bits per heavy atom. The van der Waals surface area contributed by atoms with Crippen LogP contribution in [0.3, 0.4) is 0 Å². The second kappa shape index (κ2) is 12.0. The third-order valence-corrected chi connectivity index (χ3v) is 7.97. The monoisotopic (exact) mass is 471 g/mol. The molecule has 0 N–H and O–H groups in total. The van der Waals surface area contributed by atoms with Crippen LogP contribution in [0.1, 0.15) is 44.1 Å². The zero-order valence-corrected chi connectivity index (χ0v) is 20.9. The molecule has 7 heteroatoms. The van der Waals surface area contributed by atoms with Crippen LogP contribution in [0.5, 0.6) is 5.75 Å². The summed E-state index contributed by atoms with van der Waals surface area (Å²) in [5.41, 5.74) is 1.09. The van der Waals surface area contributed by atoms with E-state index in [4.69, 9.17) is 9.47 Å². The fourth-order valence-electron chi connectivity index (χ4n) is 6.14. The maximum absolute atomic E-state index is 13.6. The molecule has 3 aliphatic rings. The number of rotatable bonds is 10. The Morgan fingerprint density at radius 3 is 2.76 bits per heavy atom. The van der Waals surface area contributed by atoms with E-state index in [2.05, 4.69) is 4.90 Å². The van der Waals surface area contributed by atoms with E-state index in [1.54, 1.807) is 14.2 Å². The first-order valence-corrected chi connectivity index (χ1v) is 13.0. The van der Waals surface area contributed by atoms with Gasteiger partial charge in [0.15, 0.2) is 0 Å². The van der Waals surface area contributed by atoms with Crippen LogP contribution in [0.25, 0.3) is 0 Å². The lowest BCUT2D eigenvalue weighted by atomic mass is 9.83. The van der Waals surface area contributed by atoms with E-state index in [9.17, 15) is 9.59 Å². The number of para-hydroxylation sites is 1. The summed E-state index contributed by atoms with van der Waals surface area (Å²) < 4.78 is 10.8. The van der Waals surface area contributed by atoms with E-state index in [1.807, 2.05) is 34.1 Å². The van der Waals surface area contributed by atoms with Crippen LogP contribution in [-0.4, -0.2) is 92.7 Å². The van der Waals surface area contributed by atoms with Gasteiger partial charge in [-0.15, -0.1) is 0 Å². The Labute approximate surface area is 204 Å². The predicted molar refractivity (Wildman–Crippen MR) is 132 cm³/mol. The van der Waals surface area contributed by atoms with Crippen LogP contribution < -0.4 is 4.74 Å². The molecule has 0 aromatic heterocycles. The van der Waals surface area contributed by atoms with Crippen LogP contribution in [0.2, 0.25) is 0 Å². The third-order valence-electron chi connectivity index (χ3n) is 7.97. The van der Waals surface area contributed by atoms with Crippen molar-refractivity contribution in [1.29, 1.82) is 0 Å². The molecular weight excluding hydrogens is 430 g/mol. The number of carbonyl (C=O) groups excluding carboxylic acids is 2. The van der Waals surface area contributed by atoms with Crippen LogP contribution in [0.15, 0.2) is 24.3 Å². The zero-order chi connectivity index (χ0) is 23.9. The number of hydrogen-bond acceptors (Lipinski definition) is 5. The Balaban J connectivity index is 1.37. The van der Waals surface area contributed by atoms with Crippen molar-refractivity contribution >= 4 is 11.8 Å². The molecular formula is C27H41N3O4. The van der Waals surface area contributed by atoms with Gasteiger partial charge in [0.2, 0.25) is 11.8 Å². The van der Waals surface area contributed by atoms with Gasteiger partial charge in [0, 0.05) is 45.8 Å². The molecule has 3 heterocycles. The summed E-state index contributed by atoms with van der Waals surface area (Å²) in [6.45, 7) is 5.44. The first kappa shape index (κ1) is 25.0. The Bertz CT molecular complexity index is 830. The molecule has 3 atom stereocenters. The number of methoxy groups -OCH3 is 2. The van der Waals surface area contributed by atoms with E-state index in [0.29, 0.717) is 44.6 Å². The lowest BCUT2D eigenvalue weighted by molar-refractivity contribution is -0.137. The third kappa shape index (κ3) is 5.92. The van der Waals surface area contributed by atoms with Crippen LogP contribution in [-0.2, 0) is 20.7 Å². The highest BCUT2D eigenvalue weighted by Gasteiger charge is 2.39. The van der Waals surface area contributed by atoms with Crippen molar-refractivity contribution < 1.29 is 19.1 Å². The van der Waals surface area contributed by atoms with Gasteiger partial charge in [0.25, 0.3) is 0 Å². The van der Waals surface area contributed by atoms with Crippen molar-refractivity contribution in [3.63, 3.8) is 0 Å². The second-order valence-corrected chi connectivity index (χ2v) is 10.1. The minimum atomic E-state index is -0.256. The summed E-state index contributed by atoms with van der Waals surface area (Å²) in [5, 5.41) is 0. The van der Waals surface area contributed by atoms with Gasteiger partial charge in [0.05, 0.1) is 19.6 Å². The maximum atomic E-state index is 13.6. The normalized spacial score (nSPS) is 25.3. The minimum Gasteiger partial charge on any atom is -0.496 e. The van der Waals surface area contributed by atoms with Crippen molar-refractivity contribution in [2.24, 2.45) is 11.8 Å². The van der Waals surface area contributed by atoms with Crippen molar-refractivity contribution in [2.75, 3.05) is 60.1 Å².